The standard InChI is InChI=1S/C10H10Br2/c11-8-10(12)7-6-9-4-2-1-3-5-9/h1-7,10H,8H2. The fourth-order valence-electron chi connectivity index (χ4n) is 0.831. The van der Waals surface area contributed by atoms with E-state index in [1.54, 1.807) is 0 Å². The lowest BCUT2D eigenvalue weighted by molar-refractivity contribution is 1.32. The highest BCUT2D eigenvalue weighted by molar-refractivity contribution is 9.12. The molecule has 0 radical (unpaired) electrons. The maximum absolute atomic E-state index is 3.50. The van der Waals surface area contributed by atoms with Crippen molar-refractivity contribution in [3.8, 4) is 0 Å². The molecule has 0 saturated carbocycles. The van der Waals surface area contributed by atoms with Crippen LogP contribution in [0.1, 0.15) is 5.56 Å². The van der Waals surface area contributed by atoms with Gasteiger partial charge in [-0.05, 0) is 5.56 Å². The zero-order valence-corrected chi connectivity index (χ0v) is 9.75. The first kappa shape index (κ1) is 10.0. The molecule has 0 N–H and O–H groups in total. The molecular formula is C10H10Br2. The van der Waals surface area contributed by atoms with Crippen LogP contribution in [0, 0.1) is 0 Å². The van der Waals surface area contributed by atoms with Crippen molar-refractivity contribution in [3.63, 3.8) is 0 Å². The van der Waals surface area contributed by atoms with Crippen LogP contribution in [0.15, 0.2) is 36.4 Å². The normalized spacial score (nSPS) is 13.5. The molecule has 1 rings (SSSR count). The molecule has 0 saturated heterocycles. The largest absolute Gasteiger partial charge is 0.0913 e. The van der Waals surface area contributed by atoms with Crippen molar-refractivity contribution in [2.24, 2.45) is 0 Å². The molecule has 12 heavy (non-hydrogen) atoms. The second-order valence-corrected chi connectivity index (χ2v) is 4.26. The van der Waals surface area contributed by atoms with E-state index in [0.717, 1.165) is 5.33 Å². The van der Waals surface area contributed by atoms with Gasteiger partial charge >= 0.3 is 0 Å². The number of allylic oxidation sites excluding steroid dienone is 1. The Kier molecular flexibility index (Phi) is 4.62. The SMILES string of the molecule is BrCC(Br)C=Cc1ccccc1. The molecule has 0 fully saturated rings. The van der Waals surface area contributed by atoms with E-state index in [9.17, 15) is 0 Å². The molecule has 2 heteroatoms. The van der Waals surface area contributed by atoms with E-state index < -0.39 is 0 Å². The number of rotatable bonds is 3. The molecule has 0 bridgehead atoms. The molecular weight excluding hydrogens is 280 g/mol. The Morgan fingerprint density at radius 2 is 1.92 bits per heavy atom. The lowest BCUT2D eigenvalue weighted by Crippen LogP contribution is -1.91. The van der Waals surface area contributed by atoms with E-state index in [1.165, 1.54) is 5.56 Å². The molecule has 1 aromatic rings. The lowest BCUT2D eigenvalue weighted by Gasteiger charge is -1.96. The van der Waals surface area contributed by atoms with Gasteiger partial charge in [-0.3, -0.25) is 0 Å². The summed E-state index contributed by atoms with van der Waals surface area (Å²) < 4.78 is 0. The predicted octanol–water partition coefficient (Wildman–Crippen LogP) is 3.86. The van der Waals surface area contributed by atoms with E-state index in [2.05, 4.69) is 56.1 Å². The van der Waals surface area contributed by atoms with Crippen molar-refractivity contribution in [1.29, 1.82) is 0 Å². The summed E-state index contributed by atoms with van der Waals surface area (Å²) in [6.07, 6.45) is 4.24. The monoisotopic (exact) mass is 288 g/mol. The van der Waals surface area contributed by atoms with Crippen LogP contribution in [0.4, 0.5) is 0 Å². The van der Waals surface area contributed by atoms with Crippen LogP contribution in [0.5, 0.6) is 0 Å². The van der Waals surface area contributed by atoms with E-state index in [-0.39, 0.29) is 0 Å². The Labute approximate surface area is 89.9 Å². The van der Waals surface area contributed by atoms with Gasteiger partial charge in [-0.25, -0.2) is 0 Å². The summed E-state index contributed by atoms with van der Waals surface area (Å²) in [5.74, 6) is 0. The van der Waals surface area contributed by atoms with Gasteiger partial charge in [-0.2, -0.15) is 0 Å². The zero-order valence-electron chi connectivity index (χ0n) is 6.58. The first-order valence-electron chi connectivity index (χ1n) is 3.76. The molecule has 0 aliphatic heterocycles. The fraction of sp³-hybridized carbons (Fsp3) is 0.200. The topological polar surface area (TPSA) is 0 Å². The highest BCUT2D eigenvalue weighted by Crippen LogP contribution is 2.08. The van der Waals surface area contributed by atoms with Crippen LogP contribution in [0.3, 0.4) is 0 Å². The van der Waals surface area contributed by atoms with Gasteiger partial charge < -0.3 is 0 Å². The highest BCUT2D eigenvalue weighted by Gasteiger charge is 1.93. The molecule has 1 atom stereocenters. The third-order valence-corrected chi connectivity index (χ3v) is 3.64. The quantitative estimate of drug-likeness (QED) is 0.742. The van der Waals surface area contributed by atoms with Crippen LogP contribution in [0.25, 0.3) is 6.08 Å². The maximum atomic E-state index is 3.50. The molecule has 0 amide bonds. The maximum Gasteiger partial charge on any atom is 0.0425 e. The Morgan fingerprint density at radius 1 is 1.25 bits per heavy atom. The van der Waals surface area contributed by atoms with Gasteiger partial charge in [0.1, 0.15) is 0 Å². The van der Waals surface area contributed by atoms with Gasteiger partial charge in [0, 0.05) is 10.2 Å². The second kappa shape index (κ2) is 5.55. The Balaban J connectivity index is 2.58. The summed E-state index contributed by atoms with van der Waals surface area (Å²) in [5.41, 5.74) is 1.24. The Bertz CT molecular complexity index is 241. The minimum atomic E-state index is 0.415. The molecule has 0 aliphatic rings. The molecule has 0 aromatic heterocycles. The lowest BCUT2D eigenvalue weighted by atomic mass is 10.2. The smallest absolute Gasteiger partial charge is 0.0425 e. The molecule has 0 spiro atoms. The zero-order chi connectivity index (χ0) is 8.81. The van der Waals surface area contributed by atoms with Crippen LogP contribution in [0.2, 0.25) is 0 Å². The average Bonchev–Trinajstić information content (AvgIpc) is 2.16. The van der Waals surface area contributed by atoms with E-state index in [0.29, 0.717) is 4.83 Å². The molecule has 0 aliphatic carbocycles. The second-order valence-electron chi connectivity index (χ2n) is 2.44. The molecule has 64 valence electrons. The van der Waals surface area contributed by atoms with Crippen molar-refractivity contribution < 1.29 is 0 Å². The van der Waals surface area contributed by atoms with Crippen molar-refractivity contribution in [2.75, 3.05) is 5.33 Å². The van der Waals surface area contributed by atoms with Gasteiger partial charge in [0.25, 0.3) is 0 Å². The van der Waals surface area contributed by atoms with Gasteiger partial charge in [0.15, 0.2) is 0 Å². The first-order chi connectivity index (χ1) is 5.83. The summed E-state index contributed by atoms with van der Waals surface area (Å²) in [5, 5.41) is 0.941. The van der Waals surface area contributed by atoms with Gasteiger partial charge in [0.05, 0.1) is 0 Å². The van der Waals surface area contributed by atoms with E-state index in [1.807, 2.05) is 18.2 Å². The van der Waals surface area contributed by atoms with Crippen molar-refractivity contribution in [2.45, 2.75) is 4.83 Å². The number of halogens is 2. The number of hydrogen-bond acceptors (Lipinski definition) is 0. The number of alkyl halides is 2. The summed E-state index contributed by atoms with van der Waals surface area (Å²) >= 11 is 6.89. The predicted molar refractivity (Wildman–Crippen MR) is 62.0 cm³/mol. The summed E-state index contributed by atoms with van der Waals surface area (Å²) in [6.45, 7) is 0. The minimum absolute atomic E-state index is 0.415. The van der Waals surface area contributed by atoms with E-state index >= 15 is 0 Å². The third kappa shape index (κ3) is 3.55. The van der Waals surface area contributed by atoms with Gasteiger partial charge in [0.2, 0.25) is 0 Å². The summed E-state index contributed by atoms with van der Waals surface area (Å²) in [6, 6.07) is 10.3. The third-order valence-electron chi connectivity index (χ3n) is 1.44. The van der Waals surface area contributed by atoms with E-state index in [4.69, 9.17) is 0 Å². The Hall–Kier alpha value is -0.0800. The molecule has 0 nitrogen and oxygen atoms in total. The molecule has 0 heterocycles. The molecule has 1 unspecified atom stereocenters. The van der Waals surface area contributed by atoms with Gasteiger partial charge in [-0.1, -0.05) is 74.3 Å². The van der Waals surface area contributed by atoms with Crippen LogP contribution < -0.4 is 0 Å². The highest BCUT2D eigenvalue weighted by atomic mass is 79.9. The number of benzene rings is 1. The molecule has 1 aromatic carbocycles. The first-order valence-corrected chi connectivity index (χ1v) is 5.80. The van der Waals surface area contributed by atoms with Gasteiger partial charge in [-0.15, -0.1) is 0 Å². The average molecular weight is 290 g/mol. The Morgan fingerprint density at radius 3 is 2.50 bits per heavy atom. The van der Waals surface area contributed by atoms with Crippen LogP contribution >= 0.6 is 31.9 Å². The number of hydrogen-bond donors (Lipinski definition) is 0. The summed E-state index contributed by atoms with van der Waals surface area (Å²) in [4.78, 5) is 0.415. The van der Waals surface area contributed by atoms with Crippen molar-refractivity contribution in [1.82, 2.24) is 0 Å². The van der Waals surface area contributed by atoms with Crippen molar-refractivity contribution >= 4 is 37.9 Å². The van der Waals surface area contributed by atoms with Crippen LogP contribution in [-0.2, 0) is 0 Å². The summed E-state index contributed by atoms with van der Waals surface area (Å²) in [7, 11) is 0. The van der Waals surface area contributed by atoms with Crippen LogP contribution in [-0.4, -0.2) is 10.2 Å². The van der Waals surface area contributed by atoms with Crippen molar-refractivity contribution in [3.05, 3.63) is 42.0 Å². The fourth-order valence-corrected chi connectivity index (χ4v) is 1.20. The minimum Gasteiger partial charge on any atom is -0.0913 e.